The van der Waals surface area contributed by atoms with E-state index in [1.165, 1.54) is 6.07 Å². The molecule has 5 nitrogen and oxygen atoms in total. The molecule has 0 bridgehead atoms. The third-order valence-electron chi connectivity index (χ3n) is 1.58. The Hall–Kier alpha value is -1.31. The molecule has 0 aliphatic heterocycles. The molecule has 0 fully saturated rings. The van der Waals surface area contributed by atoms with Crippen molar-refractivity contribution in [2.75, 3.05) is 5.73 Å². The number of carbonyl (C=O) groups is 2. The molecule has 14 heavy (non-hydrogen) atoms. The van der Waals surface area contributed by atoms with Crippen molar-refractivity contribution in [3.05, 3.63) is 26.8 Å². The molecule has 1 aromatic rings. The summed E-state index contributed by atoms with van der Waals surface area (Å²) in [5, 5.41) is 17.4. The molecule has 0 aromatic heterocycles. The lowest BCUT2D eigenvalue weighted by atomic mass is 10.1. The van der Waals surface area contributed by atoms with Gasteiger partial charge in [0.1, 0.15) is 0 Å². The summed E-state index contributed by atoms with van der Waals surface area (Å²) in [5.74, 6) is -2.39. The molecule has 0 unspecified atom stereocenters. The number of halogens is 1. The largest absolute Gasteiger partial charge is 0.478 e. The Morgan fingerprint density at radius 3 is 2.21 bits per heavy atom. The maximum Gasteiger partial charge on any atom is 0.336 e. The van der Waals surface area contributed by atoms with Crippen LogP contribution in [0.15, 0.2) is 12.1 Å². The van der Waals surface area contributed by atoms with E-state index >= 15 is 0 Å². The van der Waals surface area contributed by atoms with E-state index in [1.807, 2.05) is 0 Å². The fourth-order valence-corrected chi connectivity index (χ4v) is 1.47. The van der Waals surface area contributed by atoms with Crippen molar-refractivity contribution in [1.29, 1.82) is 0 Å². The van der Waals surface area contributed by atoms with Crippen molar-refractivity contribution in [3.63, 3.8) is 0 Å². The summed E-state index contributed by atoms with van der Waals surface area (Å²) in [7, 11) is 0. The van der Waals surface area contributed by atoms with Crippen molar-refractivity contribution in [3.8, 4) is 0 Å². The second-order valence-electron chi connectivity index (χ2n) is 2.54. The summed E-state index contributed by atoms with van der Waals surface area (Å²) in [5.41, 5.74) is 5.40. The number of benzene rings is 1. The van der Waals surface area contributed by atoms with E-state index in [9.17, 15) is 9.59 Å². The third-order valence-corrected chi connectivity index (χ3v) is 2.78. The Kier molecular flexibility index (Phi) is 2.94. The van der Waals surface area contributed by atoms with Gasteiger partial charge in [-0.25, -0.2) is 9.59 Å². The number of hydrogen-bond acceptors (Lipinski definition) is 3. The summed E-state index contributed by atoms with van der Waals surface area (Å²) >= 11 is 1.76. The topological polar surface area (TPSA) is 101 Å². The predicted octanol–water partition coefficient (Wildman–Crippen LogP) is 1.27. The highest BCUT2D eigenvalue weighted by Gasteiger charge is 2.15. The van der Waals surface area contributed by atoms with Crippen LogP contribution in [0.25, 0.3) is 0 Å². The molecule has 0 spiro atoms. The van der Waals surface area contributed by atoms with Crippen molar-refractivity contribution in [2.45, 2.75) is 0 Å². The van der Waals surface area contributed by atoms with E-state index < -0.39 is 11.9 Å². The van der Waals surface area contributed by atoms with E-state index in [-0.39, 0.29) is 16.8 Å². The number of hydrogen-bond donors (Lipinski definition) is 3. The summed E-state index contributed by atoms with van der Waals surface area (Å²) in [6.45, 7) is 0. The Labute approximate surface area is 92.7 Å². The first kappa shape index (κ1) is 10.8. The zero-order valence-corrected chi connectivity index (χ0v) is 8.98. The maximum atomic E-state index is 10.7. The van der Waals surface area contributed by atoms with Gasteiger partial charge in [0.05, 0.1) is 14.7 Å². The van der Waals surface area contributed by atoms with Gasteiger partial charge in [-0.2, -0.15) is 0 Å². The van der Waals surface area contributed by atoms with Gasteiger partial charge in [0.25, 0.3) is 0 Å². The van der Waals surface area contributed by atoms with Crippen LogP contribution in [0.1, 0.15) is 20.7 Å². The first-order valence-electron chi connectivity index (χ1n) is 3.49. The zero-order chi connectivity index (χ0) is 10.9. The first-order valence-corrected chi connectivity index (χ1v) is 4.57. The highest BCUT2D eigenvalue weighted by Crippen LogP contribution is 2.22. The van der Waals surface area contributed by atoms with Crippen LogP contribution < -0.4 is 5.73 Å². The zero-order valence-electron chi connectivity index (χ0n) is 6.82. The van der Waals surface area contributed by atoms with E-state index in [2.05, 4.69) is 0 Å². The lowest BCUT2D eigenvalue weighted by molar-refractivity contribution is 0.0695. The van der Waals surface area contributed by atoms with E-state index in [0.717, 1.165) is 6.07 Å². The van der Waals surface area contributed by atoms with Crippen LogP contribution in [0.2, 0.25) is 0 Å². The molecular weight excluding hydrogens is 301 g/mol. The quantitative estimate of drug-likeness (QED) is 0.564. The highest BCUT2D eigenvalue weighted by atomic mass is 127. The number of anilines is 1. The number of nitrogen functional groups attached to an aromatic ring is 1. The minimum Gasteiger partial charge on any atom is -0.478 e. The standard InChI is InChI=1S/C8H6INO4/c9-6-4(8(13)14)1-3(7(11)12)2-5(6)10/h1-2H,10H2,(H,11,12)(H,13,14). The van der Waals surface area contributed by atoms with Crippen molar-refractivity contribution >= 4 is 40.2 Å². The molecule has 0 aliphatic rings. The van der Waals surface area contributed by atoms with Crippen LogP contribution in [0.3, 0.4) is 0 Å². The van der Waals surface area contributed by atoms with Gasteiger partial charge in [0, 0.05) is 5.69 Å². The monoisotopic (exact) mass is 307 g/mol. The normalized spacial score (nSPS) is 9.79. The average molecular weight is 307 g/mol. The third kappa shape index (κ3) is 1.95. The number of nitrogens with two attached hydrogens (primary N) is 1. The van der Waals surface area contributed by atoms with Crippen molar-refractivity contribution < 1.29 is 19.8 Å². The molecule has 0 heterocycles. The van der Waals surface area contributed by atoms with Crippen LogP contribution in [-0.2, 0) is 0 Å². The summed E-state index contributed by atoms with van der Waals surface area (Å²) < 4.78 is 0.347. The van der Waals surface area contributed by atoms with Crippen LogP contribution >= 0.6 is 22.6 Å². The number of rotatable bonds is 2. The molecule has 0 amide bonds. The molecule has 0 aliphatic carbocycles. The number of carboxylic acids is 2. The Morgan fingerprint density at radius 1 is 1.21 bits per heavy atom. The molecule has 1 rings (SSSR count). The average Bonchev–Trinajstić information content (AvgIpc) is 2.08. The fourth-order valence-electron chi connectivity index (χ4n) is 0.926. The Morgan fingerprint density at radius 2 is 1.79 bits per heavy atom. The molecule has 1 aromatic carbocycles. The second kappa shape index (κ2) is 3.82. The molecule has 0 saturated carbocycles. The van der Waals surface area contributed by atoms with Crippen molar-refractivity contribution in [1.82, 2.24) is 0 Å². The second-order valence-corrected chi connectivity index (χ2v) is 3.62. The van der Waals surface area contributed by atoms with Crippen LogP contribution in [0, 0.1) is 3.57 Å². The summed E-state index contributed by atoms with van der Waals surface area (Å²) in [4.78, 5) is 21.3. The predicted molar refractivity (Wildman–Crippen MR) is 57.5 cm³/mol. The molecular formula is C8H6INO4. The fraction of sp³-hybridized carbons (Fsp3) is 0. The lowest BCUT2D eigenvalue weighted by Crippen LogP contribution is -2.07. The number of carboxylic acid groups (broad SMARTS) is 2. The number of aromatic carboxylic acids is 2. The smallest absolute Gasteiger partial charge is 0.336 e. The summed E-state index contributed by atoms with van der Waals surface area (Å²) in [6, 6.07) is 2.32. The van der Waals surface area contributed by atoms with Crippen LogP contribution in [0.5, 0.6) is 0 Å². The SMILES string of the molecule is Nc1cc(C(=O)O)cc(C(=O)O)c1I. The van der Waals surface area contributed by atoms with Gasteiger partial charge < -0.3 is 15.9 Å². The van der Waals surface area contributed by atoms with Crippen LogP contribution in [0.4, 0.5) is 5.69 Å². The first-order chi connectivity index (χ1) is 6.43. The lowest BCUT2D eigenvalue weighted by Gasteiger charge is -2.04. The van der Waals surface area contributed by atoms with E-state index in [1.54, 1.807) is 22.6 Å². The molecule has 74 valence electrons. The van der Waals surface area contributed by atoms with Gasteiger partial charge >= 0.3 is 11.9 Å². The van der Waals surface area contributed by atoms with Gasteiger partial charge in [0.2, 0.25) is 0 Å². The van der Waals surface area contributed by atoms with Gasteiger partial charge in [-0.1, -0.05) is 0 Å². The molecule has 0 saturated heterocycles. The Balaban J connectivity index is 3.43. The minimum atomic E-state index is -1.20. The van der Waals surface area contributed by atoms with Gasteiger partial charge in [-0.15, -0.1) is 0 Å². The summed E-state index contributed by atoms with van der Waals surface area (Å²) in [6.07, 6.45) is 0. The van der Waals surface area contributed by atoms with Gasteiger partial charge in [0.15, 0.2) is 0 Å². The van der Waals surface area contributed by atoms with Gasteiger partial charge in [-0.3, -0.25) is 0 Å². The molecule has 6 heteroatoms. The Bertz CT molecular complexity index is 416. The molecule has 0 radical (unpaired) electrons. The molecule has 0 atom stereocenters. The van der Waals surface area contributed by atoms with E-state index in [4.69, 9.17) is 15.9 Å². The van der Waals surface area contributed by atoms with Crippen molar-refractivity contribution in [2.24, 2.45) is 0 Å². The molecule has 4 N–H and O–H groups in total. The highest BCUT2D eigenvalue weighted by molar-refractivity contribution is 14.1. The van der Waals surface area contributed by atoms with E-state index in [0.29, 0.717) is 3.57 Å². The minimum absolute atomic E-state index is 0.0944. The maximum absolute atomic E-state index is 10.7. The van der Waals surface area contributed by atoms with Gasteiger partial charge in [-0.05, 0) is 34.7 Å². The van der Waals surface area contributed by atoms with Crippen LogP contribution in [-0.4, -0.2) is 22.2 Å².